The van der Waals surface area contributed by atoms with Gasteiger partial charge in [-0.3, -0.25) is 14.4 Å². The van der Waals surface area contributed by atoms with Crippen molar-refractivity contribution < 1.29 is 19.5 Å². The highest BCUT2D eigenvalue weighted by molar-refractivity contribution is 9.09. The Labute approximate surface area is 139 Å². The smallest absolute Gasteiger partial charge is 0.305 e. The first-order valence-corrected chi connectivity index (χ1v) is 8.50. The van der Waals surface area contributed by atoms with E-state index in [9.17, 15) is 9.59 Å². The Morgan fingerprint density at radius 3 is 2.45 bits per heavy atom. The summed E-state index contributed by atoms with van der Waals surface area (Å²) in [5.41, 5.74) is 0.940. The van der Waals surface area contributed by atoms with Crippen LogP contribution in [-0.2, 0) is 21.0 Å². The zero-order chi connectivity index (χ0) is 16.2. The summed E-state index contributed by atoms with van der Waals surface area (Å²) in [4.78, 5) is 28.3. The van der Waals surface area contributed by atoms with Gasteiger partial charge in [0.25, 0.3) is 0 Å². The number of nitrogens with zero attached hydrogens (tertiary/aromatic N) is 1. The molecule has 0 radical (unpaired) electrons. The van der Waals surface area contributed by atoms with Crippen molar-refractivity contribution in [2.45, 2.75) is 38.7 Å². The van der Waals surface area contributed by atoms with Crippen molar-refractivity contribution in [1.29, 1.82) is 0 Å². The lowest BCUT2D eigenvalue weighted by atomic mass is 10.2. The molecule has 0 atom stereocenters. The normalized spacial score (nSPS) is 10.4. The number of carbonyl (C=O) groups is 2. The van der Waals surface area contributed by atoms with Crippen molar-refractivity contribution in [3.8, 4) is 0 Å². The Kier molecular flexibility index (Phi) is 9.50. The van der Waals surface area contributed by atoms with Gasteiger partial charge in [-0.1, -0.05) is 52.7 Å². The first kappa shape index (κ1) is 18.6. The van der Waals surface area contributed by atoms with Gasteiger partial charge in [-0.15, -0.1) is 0 Å². The van der Waals surface area contributed by atoms with Gasteiger partial charge < -0.3 is 5.11 Å². The lowest BCUT2D eigenvalue weighted by Gasteiger charge is -2.21. The van der Waals surface area contributed by atoms with E-state index in [1.54, 1.807) is 0 Å². The van der Waals surface area contributed by atoms with Crippen LogP contribution >= 0.6 is 15.9 Å². The molecule has 0 aliphatic carbocycles. The Bertz CT molecular complexity index is 453. The van der Waals surface area contributed by atoms with Crippen LogP contribution in [0, 0.1) is 0 Å². The first-order valence-electron chi connectivity index (χ1n) is 7.38. The molecule has 0 aliphatic rings. The van der Waals surface area contributed by atoms with Crippen molar-refractivity contribution in [3.63, 3.8) is 0 Å². The zero-order valence-corrected chi connectivity index (χ0v) is 14.1. The van der Waals surface area contributed by atoms with Gasteiger partial charge in [-0.25, -0.2) is 5.06 Å². The summed E-state index contributed by atoms with van der Waals surface area (Å²) in [6.45, 7) is 0.326. The average Bonchev–Trinajstić information content (AvgIpc) is 2.52. The molecule has 0 bridgehead atoms. The number of amides is 1. The van der Waals surface area contributed by atoms with Gasteiger partial charge in [0, 0.05) is 11.8 Å². The number of benzene rings is 1. The minimum atomic E-state index is -0.944. The molecule has 1 rings (SSSR count). The van der Waals surface area contributed by atoms with E-state index in [0.717, 1.165) is 30.2 Å². The second kappa shape index (κ2) is 11.2. The molecule has 0 spiro atoms. The molecule has 0 aromatic heterocycles. The first-order chi connectivity index (χ1) is 10.6. The maximum Gasteiger partial charge on any atom is 0.305 e. The van der Waals surface area contributed by atoms with Crippen LogP contribution in [0.15, 0.2) is 30.3 Å². The van der Waals surface area contributed by atoms with E-state index < -0.39 is 5.97 Å². The molecule has 22 heavy (non-hydrogen) atoms. The Balaban J connectivity index is 2.47. The number of hydrogen-bond acceptors (Lipinski definition) is 3. The molecule has 5 nitrogen and oxygen atoms in total. The summed E-state index contributed by atoms with van der Waals surface area (Å²) >= 11 is 3.35. The number of halogens is 1. The fourth-order valence-electron chi connectivity index (χ4n) is 1.86. The molecule has 1 aromatic carbocycles. The van der Waals surface area contributed by atoms with Gasteiger partial charge >= 0.3 is 5.97 Å². The lowest BCUT2D eigenvalue weighted by molar-refractivity contribution is -0.193. The van der Waals surface area contributed by atoms with E-state index in [2.05, 4.69) is 15.9 Å². The summed E-state index contributed by atoms with van der Waals surface area (Å²) in [5, 5.41) is 10.9. The van der Waals surface area contributed by atoms with Crippen molar-refractivity contribution in [3.05, 3.63) is 35.9 Å². The SMILES string of the molecule is O=C(O)CCN(OCc1ccccc1)C(=O)CCCCCBr. The molecule has 0 saturated heterocycles. The molecular weight excluding hydrogens is 350 g/mol. The van der Waals surface area contributed by atoms with E-state index in [4.69, 9.17) is 9.94 Å². The minimum absolute atomic E-state index is 0.0689. The molecule has 0 unspecified atom stereocenters. The molecule has 6 heteroatoms. The van der Waals surface area contributed by atoms with Crippen molar-refractivity contribution >= 4 is 27.8 Å². The van der Waals surface area contributed by atoms with Crippen LogP contribution in [0.1, 0.15) is 37.7 Å². The number of rotatable bonds is 11. The number of carboxylic acids is 1. The molecule has 0 saturated carbocycles. The summed E-state index contributed by atoms with van der Waals surface area (Å²) in [6.07, 6.45) is 3.02. The topological polar surface area (TPSA) is 66.8 Å². The van der Waals surface area contributed by atoms with Gasteiger partial charge in [0.1, 0.15) is 6.61 Å². The Morgan fingerprint density at radius 2 is 1.82 bits per heavy atom. The van der Waals surface area contributed by atoms with E-state index in [0.29, 0.717) is 6.42 Å². The molecule has 1 aromatic rings. The quantitative estimate of drug-likeness (QED) is 0.367. The van der Waals surface area contributed by atoms with Crippen molar-refractivity contribution in [1.82, 2.24) is 5.06 Å². The third-order valence-corrected chi connectivity index (χ3v) is 3.62. The number of hydroxylamine groups is 2. The maximum absolute atomic E-state index is 12.1. The Hall–Kier alpha value is -1.40. The van der Waals surface area contributed by atoms with Gasteiger partial charge in [-0.2, -0.15) is 0 Å². The van der Waals surface area contributed by atoms with Crippen molar-refractivity contribution in [2.24, 2.45) is 0 Å². The third kappa shape index (κ3) is 8.14. The van der Waals surface area contributed by atoms with Gasteiger partial charge in [0.05, 0.1) is 13.0 Å². The summed E-state index contributed by atoms with van der Waals surface area (Å²) in [7, 11) is 0. The fraction of sp³-hybridized carbons (Fsp3) is 0.500. The van der Waals surface area contributed by atoms with Crippen LogP contribution in [0.5, 0.6) is 0 Å². The number of carboxylic acid groups (broad SMARTS) is 1. The van der Waals surface area contributed by atoms with Crippen LogP contribution in [0.4, 0.5) is 0 Å². The van der Waals surface area contributed by atoms with E-state index in [-0.39, 0.29) is 25.5 Å². The molecule has 1 N–H and O–H groups in total. The predicted molar refractivity (Wildman–Crippen MR) is 87.5 cm³/mol. The van der Waals surface area contributed by atoms with Crippen LogP contribution in [0.2, 0.25) is 0 Å². The van der Waals surface area contributed by atoms with Crippen LogP contribution in [-0.4, -0.2) is 33.9 Å². The number of hydrogen-bond donors (Lipinski definition) is 1. The summed E-state index contributed by atoms with van der Waals surface area (Å²) < 4.78 is 0. The van der Waals surface area contributed by atoms with E-state index in [1.165, 1.54) is 5.06 Å². The van der Waals surface area contributed by atoms with Gasteiger partial charge in [0.2, 0.25) is 5.91 Å². The second-order valence-electron chi connectivity index (χ2n) is 4.90. The van der Waals surface area contributed by atoms with E-state index in [1.807, 2.05) is 30.3 Å². The molecule has 0 aliphatic heterocycles. The maximum atomic E-state index is 12.1. The molecule has 1 amide bonds. The predicted octanol–water partition coefficient (Wildman–Crippen LogP) is 3.38. The molecule has 0 heterocycles. The third-order valence-electron chi connectivity index (χ3n) is 3.06. The standard InChI is InChI=1S/C16H22BrNO4/c17-11-6-2-5-9-15(19)18(12-10-16(20)21)22-13-14-7-3-1-4-8-14/h1,3-4,7-8H,2,5-6,9-13H2,(H,20,21). The van der Waals surface area contributed by atoms with Crippen LogP contribution < -0.4 is 0 Å². The van der Waals surface area contributed by atoms with Gasteiger partial charge in [-0.05, 0) is 18.4 Å². The second-order valence-corrected chi connectivity index (χ2v) is 5.69. The highest BCUT2D eigenvalue weighted by Crippen LogP contribution is 2.09. The molecule has 122 valence electrons. The number of carbonyl (C=O) groups excluding carboxylic acids is 1. The lowest BCUT2D eigenvalue weighted by Crippen LogP contribution is -2.33. The number of alkyl halides is 1. The summed E-state index contributed by atoms with van der Waals surface area (Å²) in [6, 6.07) is 9.48. The largest absolute Gasteiger partial charge is 0.481 e. The summed E-state index contributed by atoms with van der Waals surface area (Å²) in [5.74, 6) is -1.10. The van der Waals surface area contributed by atoms with E-state index >= 15 is 0 Å². The molecular formula is C16H22BrNO4. The minimum Gasteiger partial charge on any atom is -0.481 e. The van der Waals surface area contributed by atoms with Crippen molar-refractivity contribution in [2.75, 3.05) is 11.9 Å². The monoisotopic (exact) mass is 371 g/mol. The zero-order valence-electron chi connectivity index (χ0n) is 12.5. The highest BCUT2D eigenvalue weighted by atomic mass is 79.9. The highest BCUT2D eigenvalue weighted by Gasteiger charge is 2.15. The van der Waals surface area contributed by atoms with Gasteiger partial charge in [0.15, 0.2) is 0 Å². The van der Waals surface area contributed by atoms with Crippen LogP contribution in [0.3, 0.4) is 0 Å². The molecule has 0 fully saturated rings. The number of unbranched alkanes of at least 4 members (excludes halogenated alkanes) is 2. The average molecular weight is 372 g/mol. The Morgan fingerprint density at radius 1 is 1.09 bits per heavy atom. The van der Waals surface area contributed by atoms with Crippen LogP contribution in [0.25, 0.3) is 0 Å². The number of aliphatic carboxylic acids is 1. The fourth-order valence-corrected chi connectivity index (χ4v) is 2.25.